The molecule has 2 amide bonds. The van der Waals surface area contributed by atoms with E-state index in [0.29, 0.717) is 12.1 Å². The molecule has 1 aromatic heterocycles. The zero-order chi connectivity index (χ0) is 13.7. The van der Waals surface area contributed by atoms with Gasteiger partial charge < -0.3 is 15.2 Å². The van der Waals surface area contributed by atoms with Crippen LogP contribution in [0.3, 0.4) is 0 Å². The highest BCUT2D eigenvalue weighted by Crippen LogP contribution is 2.15. The number of likely N-dealkylation sites (tertiary alicyclic amines) is 1. The number of aromatic nitrogens is 1. The minimum atomic E-state index is -0.306. The molecule has 1 saturated heterocycles. The van der Waals surface area contributed by atoms with Gasteiger partial charge in [0.25, 0.3) is 5.91 Å². The van der Waals surface area contributed by atoms with Gasteiger partial charge in [0.2, 0.25) is 5.91 Å². The number of carbonyl (C=O) groups is 2. The second kappa shape index (κ2) is 6.33. The maximum absolute atomic E-state index is 11.9. The summed E-state index contributed by atoms with van der Waals surface area (Å²) in [4.78, 5) is 29.1. The number of nitrogens with one attached hydrogen (secondary N) is 1. The first-order valence-electron chi connectivity index (χ1n) is 6.17. The maximum Gasteiger partial charge on any atom is 0.312 e. The third kappa shape index (κ3) is 3.32. The number of hydrogen-bond acceptors (Lipinski definition) is 4. The van der Waals surface area contributed by atoms with Gasteiger partial charge >= 0.3 is 7.48 Å². The van der Waals surface area contributed by atoms with Crippen molar-refractivity contribution >= 4 is 19.3 Å². The van der Waals surface area contributed by atoms with Crippen LogP contribution < -0.4 is 5.32 Å². The van der Waals surface area contributed by atoms with Gasteiger partial charge in [-0.25, -0.2) is 0 Å². The molecule has 0 aliphatic carbocycles. The molecular weight excluding hydrogens is 245 g/mol. The van der Waals surface area contributed by atoms with E-state index in [9.17, 15) is 9.59 Å². The molecule has 1 aliphatic rings. The van der Waals surface area contributed by atoms with Gasteiger partial charge in [-0.3, -0.25) is 14.6 Å². The van der Waals surface area contributed by atoms with Crippen molar-refractivity contribution in [1.29, 1.82) is 0 Å². The van der Waals surface area contributed by atoms with Crippen molar-refractivity contribution in [3.8, 4) is 0 Å². The van der Waals surface area contributed by atoms with Gasteiger partial charge in [-0.1, -0.05) is 0 Å². The summed E-state index contributed by atoms with van der Waals surface area (Å²) in [5.41, 5.74) is 0.467. The summed E-state index contributed by atoms with van der Waals surface area (Å²) in [7, 11) is 1.04. The highest BCUT2D eigenvalue weighted by molar-refractivity contribution is 6.28. The van der Waals surface area contributed by atoms with E-state index < -0.39 is 0 Å². The average molecular weight is 260 g/mol. The topological polar surface area (TPSA) is 82.5 Å². The van der Waals surface area contributed by atoms with E-state index in [1.54, 1.807) is 17.0 Å². The van der Waals surface area contributed by atoms with Crippen molar-refractivity contribution in [3.05, 3.63) is 30.1 Å². The lowest BCUT2D eigenvalue weighted by atomic mass is 9.86. The fourth-order valence-electron chi connectivity index (χ4n) is 2.12. The Morgan fingerprint density at radius 2 is 2.21 bits per heavy atom. The van der Waals surface area contributed by atoms with Crippen molar-refractivity contribution in [1.82, 2.24) is 15.2 Å². The number of carbonyl (C=O) groups excluding carboxylic acids is 2. The summed E-state index contributed by atoms with van der Waals surface area (Å²) in [5.74, 6) is -0.722. The Hall–Kier alpha value is -1.89. The molecular formula is C12H15BN3O3. The number of pyridine rings is 1. The summed E-state index contributed by atoms with van der Waals surface area (Å²) in [6.45, 7) is 0.553. The van der Waals surface area contributed by atoms with Crippen LogP contribution in [0.1, 0.15) is 23.2 Å². The Balaban J connectivity index is 1.85. The Morgan fingerprint density at radius 3 is 2.89 bits per heavy atom. The van der Waals surface area contributed by atoms with Gasteiger partial charge in [0.05, 0.1) is 6.54 Å². The Labute approximate surface area is 112 Å². The van der Waals surface area contributed by atoms with E-state index in [1.807, 2.05) is 0 Å². The van der Waals surface area contributed by atoms with Crippen molar-refractivity contribution in [2.75, 3.05) is 13.1 Å². The van der Waals surface area contributed by atoms with Crippen LogP contribution in [0.5, 0.6) is 0 Å². The molecule has 6 nitrogen and oxygen atoms in total. The first-order chi connectivity index (χ1) is 9.22. The number of rotatable bonds is 4. The molecule has 0 aromatic carbocycles. The van der Waals surface area contributed by atoms with Crippen LogP contribution in [0.2, 0.25) is 0 Å². The van der Waals surface area contributed by atoms with Crippen LogP contribution in [-0.4, -0.2) is 53.2 Å². The molecule has 2 rings (SSSR count). The van der Waals surface area contributed by atoms with E-state index in [2.05, 4.69) is 10.3 Å². The molecule has 1 atom stereocenters. The third-order valence-electron chi connectivity index (χ3n) is 3.13. The predicted molar refractivity (Wildman–Crippen MR) is 69.3 cm³/mol. The first kappa shape index (κ1) is 13.5. The molecule has 1 unspecified atom stereocenters. The lowest BCUT2D eigenvalue weighted by Gasteiger charge is -2.22. The van der Waals surface area contributed by atoms with E-state index >= 15 is 0 Å². The van der Waals surface area contributed by atoms with E-state index in [1.165, 1.54) is 12.4 Å². The monoisotopic (exact) mass is 260 g/mol. The van der Waals surface area contributed by atoms with Gasteiger partial charge in [0.15, 0.2) is 0 Å². The maximum atomic E-state index is 11.9. The second-order valence-corrected chi connectivity index (χ2v) is 4.36. The number of hydrogen-bond donors (Lipinski definition) is 2. The Morgan fingerprint density at radius 1 is 1.47 bits per heavy atom. The fourth-order valence-corrected chi connectivity index (χ4v) is 2.12. The van der Waals surface area contributed by atoms with Crippen LogP contribution >= 0.6 is 0 Å². The molecule has 7 heteroatoms. The SMILES string of the molecule is O=C(NCC(=O)N1CCCC1[B]O)c1ccncc1. The molecule has 1 aromatic rings. The Kier molecular flexibility index (Phi) is 4.51. The van der Waals surface area contributed by atoms with Crippen molar-refractivity contribution in [2.45, 2.75) is 18.8 Å². The second-order valence-electron chi connectivity index (χ2n) is 4.36. The fraction of sp³-hybridized carbons (Fsp3) is 0.417. The third-order valence-corrected chi connectivity index (χ3v) is 3.13. The average Bonchev–Trinajstić information content (AvgIpc) is 2.93. The predicted octanol–water partition coefficient (Wildman–Crippen LogP) is -0.629. The quantitative estimate of drug-likeness (QED) is 0.706. The highest BCUT2D eigenvalue weighted by Gasteiger charge is 2.28. The van der Waals surface area contributed by atoms with Gasteiger partial charge in [-0.05, 0) is 25.0 Å². The molecule has 2 N–H and O–H groups in total. The molecule has 0 spiro atoms. The smallest absolute Gasteiger partial charge is 0.312 e. The van der Waals surface area contributed by atoms with E-state index in [0.717, 1.165) is 20.3 Å². The van der Waals surface area contributed by atoms with Crippen molar-refractivity contribution < 1.29 is 14.6 Å². The summed E-state index contributed by atoms with van der Waals surface area (Å²) in [6, 6.07) is 3.17. The van der Waals surface area contributed by atoms with Crippen LogP contribution in [0.25, 0.3) is 0 Å². The normalized spacial score (nSPS) is 18.2. The van der Waals surface area contributed by atoms with Crippen LogP contribution in [0.15, 0.2) is 24.5 Å². The van der Waals surface area contributed by atoms with Gasteiger partial charge in [-0.2, -0.15) is 0 Å². The Bertz CT molecular complexity index is 455. The molecule has 19 heavy (non-hydrogen) atoms. The molecule has 0 bridgehead atoms. The minimum Gasteiger partial charge on any atom is -0.452 e. The number of amides is 2. The molecule has 0 saturated carbocycles. The van der Waals surface area contributed by atoms with Gasteiger partial charge in [-0.15, -0.1) is 0 Å². The largest absolute Gasteiger partial charge is 0.452 e. The molecule has 1 fully saturated rings. The summed E-state index contributed by atoms with van der Waals surface area (Å²) in [6.07, 6.45) is 4.67. The van der Waals surface area contributed by atoms with Crippen molar-refractivity contribution in [3.63, 3.8) is 0 Å². The van der Waals surface area contributed by atoms with E-state index in [-0.39, 0.29) is 24.3 Å². The van der Waals surface area contributed by atoms with E-state index in [4.69, 9.17) is 5.02 Å². The number of nitrogens with zero attached hydrogens (tertiary/aromatic N) is 2. The minimum absolute atomic E-state index is 0.0640. The molecule has 2 heterocycles. The first-order valence-corrected chi connectivity index (χ1v) is 6.17. The molecule has 1 aliphatic heterocycles. The lowest BCUT2D eigenvalue weighted by molar-refractivity contribution is -0.129. The highest BCUT2D eigenvalue weighted by atomic mass is 16.2. The zero-order valence-electron chi connectivity index (χ0n) is 10.5. The van der Waals surface area contributed by atoms with Crippen LogP contribution in [-0.2, 0) is 4.79 Å². The summed E-state index contributed by atoms with van der Waals surface area (Å²) < 4.78 is 0. The van der Waals surface area contributed by atoms with Crippen LogP contribution in [0.4, 0.5) is 0 Å². The van der Waals surface area contributed by atoms with Crippen molar-refractivity contribution in [2.24, 2.45) is 0 Å². The zero-order valence-corrected chi connectivity index (χ0v) is 10.5. The molecule has 99 valence electrons. The lowest BCUT2D eigenvalue weighted by Crippen LogP contribution is -2.44. The standard InChI is InChI=1S/C12H15BN3O3/c17-11(16-7-1-2-10(16)13-19)8-15-12(18)9-3-5-14-6-4-9/h3-6,10,19H,1-2,7-8H2,(H,15,18). The molecule has 1 radical (unpaired) electrons. The van der Waals surface area contributed by atoms with Gasteiger partial charge in [0.1, 0.15) is 0 Å². The van der Waals surface area contributed by atoms with Gasteiger partial charge in [0, 0.05) is 30.4 Å². The summed E-state index contributed by atoms with van der Waals surface area (Å²) in [5, 5.41) is 11.6. The van der Waals surface area contributed by atoms with Crippen LogP contribution in [0, 0.1) is 0 Å². The summed E-state index contributed by atoms with van der Waals surface area (Å²) >= 11 is 0.